The minimum absolute atomic E-state index is 0.364. The summed E-state index contributed by atoms with van der Waals surface area (Å²) in [5.41, 5.74) is 5.00. The van der Waals surface area contributed by atoms with E-state index in [2.05, 4.69) is 22.3 Å². The van der Waals surface area contributed by atoms with E-state index in [1.165, 1.54) is 19.1 Å². The average Bonchev–Trinajstić information content (AvgIpc) is 2.37. The predicted octanol–water partition coefficient (Wildman–Crippen LogP) is 0.263. The lowest BCUT2D eigenvalue weighted by Gasteiger charge is -2.15. The summed E-state index contributed by atoms with van der Waals surface area (Å²) in [7, 11) is -4.14. The fourth-order valence-corrected chi connectivity index (χ4v) is 3.35. The first-order valence-electron chi connectivity index (χ1n) is 6.09. The summed E-state index contributed by atoms with van der Waals surface area (Å²) in [6, 6.07) is 2.44. The van der Waals surface area contributed by atoms with Crippen LogP contribution >= 0.6 is 12.2 Å². The highest BCUT2D eigenvalue weighted by Gasteiger charge is 2.26. The van der Waals surface area contributed by atoms with Gasteiger partial charge in [-0.2, -0.15) is 4.72 Å². The quantitative estimate of drug-likeness (QED) is 0.649. The van der Waals surface area contributed by atoms with Crippen molar-refractivity contribution in [3.8, 4) is 0 Å². The largest absolute Gasteiger partial charge is 0.389 e. The summed E-state index contributed by atoms with van der Waals surface area (Å²) in [6.45, 7) is 3.45. The number of nitrogens with one attached hydrogen (secondary N) is 2. The third-order valence-electron chi connectivity index (χ3n) is 2.59. The minimum Gasteiger partial charge on any atom is -0.389 e. The topological polar surface area (TPSA) is 101 Å². The van der Waals surface area contributed by atoms with E-state index in [9.17, 15) is 17.6 Å². The summed E-state index contributed by atoms with van der Waals surface area (Å²) >= 11 is 4.68. The molecule has 0 aromatic heterocycles. The normalized spacial score (nSPS) is 12.7. The minimum atomic E-state index is -4.14. The Labute approximate surface area is 128 Å². The third-order valence-corrected chi connectivity index (χ3v) is 4.37. The molecule has 1 unspecified atom stereocenters. The number of carbonyl (C=O) groups is 1. The maximum Gasteiger partial charge on any atom is 0.242 e. The molecular weight excluding hydrogens is 317 g/mol. The molecule has 9 heteroatoms. The average molecular weight is 333 g/mol. The molecule has 0 bridgehead atoms. The number of sulfonamides is 1. The molecule has 4 N–H and O–H groups in total. The number of carbonyl (C=O) groups excluding carboxylic acids is 1. The molecule has 116 valence electrons. The zero-order chi connectivity index (χ0) is 16.2. The van der Waals surface area contributed by atoms with Gasteiger partial charge in [0.05, 0.1) is 16.5 Å². The van der Waals surface area contributed by atoms with Crippen LogP contribution in [0.25, 0.3) is 0 Å². The molecule has 0 aliphatic heterocycles. The van der Waals surface area contributed by atoms with Gasteiger partial charge in [-0.15, -0.1) is 0 Å². The zero-order valence-electron chi connectivity index (χ0n) is 11.5. The van der Waals surface area contributed by atoms with Crippen LogP contribution in [0.15, 0.2) is 23.1 Å². The maximum absolute atomic E-state index is 13.7. The van der Waals surface area contributed by atoms with Crippen molar-refractivity contribution in [3.63, 3.8) is 0 Å². The molecule has 0 heterocycles. The molecule has 0 aliphatic rings. The van der Waals surface area contributed by atoms with Crippen molar-refractivity contribution in [2.75, 3.05) is 6.54 Å². The first-order chi connectivity index (χ1) is 9.70. The van der Waals surface area contributed by atoms with Crippen molar-refractivity contribution >= 4 is 33.1 Å². The van der Waals surface area contributed by atoms with Crippen molar-refractivity contribution in [2.45, 2.75) is 24.8 Å². The van der Waals surface area contributed by atoms with Crippen LogP contribution in [-0.4, -0.2) is 31.9 Å². The number of rotatable bonds is 6. The molecule has 1 aromatic carbocycles. The Hall–Kier alpha value is -1.58. The highest BCUT2D eigenvalue weighted by molar-refractivity contribution is 7.89. The third kappa shape index (κ3) is 4.19. The van der Waals surface area contributed by atoms with Crippen LogP contribution in [0.1, 0.15) is 19.4 Å². The van der Waals surface area contributed by atoms with E-state index in [4.69, 9.17) is 5.73 Å². The number of halogens is 1. The van der Waals surface area contributed by atoms with Gasteiger partial charge in [0.1, 0.15) is 10.8 Å². The Morgan fingerprint density at radius 1 is 1.48 bits per heavy atom. The van der Waals surface area contributed by atoms with Gasteiger partial charge < -0.3 is 11.1 Å². The molecule has 0 saturated heterocycles. The lowest BCUT2D eigenvalue weighted by Crippen LogP contribution is -2.45. The Bertz CT molecular complexity index is 662. The van der Waals surface area contributed by atoms with Gasteiger partial charge in [0.15, 0.2) is 0 Å². The van der Waals surface area contributed by atoms with Crippen LogP contribution in [-0.2, 0) is 14.8 Å². The number of hydrogen-bond acceptors (Lipinski definition) is 4. The van der Waals surface area contributed by atoms with E-state index < -0.39 is 32.7 Å². The van der Waals surface area contributed by atoms with Crippen molar-refractivity contribution in [1.82, 2.24) is 10.0 Å². The Balaban J connectivity index is 3.18. The summed E-state index contributed by atoms with van der Waals surface area (Å²) in [4.78, 5) is 10.8. The second-order valence-corrected chi connectivity index (χ2v) is 6.34. The van der Waals surface area contributed by atoms with Gasteiger partial charge in [0.25, 0.3) is 0 Å². The number of thiocarbonyl (C=S) groups is 1. The summed E-state index contributed by atoms with van der Waals surface area (Å²) in [6.07, 6.45) is 0. The van der Waals surface area contributed by atoms with Gasteiger partial charge in [0.2, 0.25) is 15.9 Å². The number of benzene rings is 1. The molecular formula is C12H16FN3O3S2. The van der Waals surface area contributed by atoms with Crippen LogP contribution in [0, 0.1) is 5.82 Å². The molecule has 0 aliphatic carbocycles. The molecule has 1 rings (SSSR count). The van der Waals surface area contributed by atoms with Crippen LogP contribution in [0.3, 0.4) is 0 Å². The van der Waals surface area contributed by atoms with Gasteiger partial charge in [-0.1, -0.05) is 18.3 Å². The molecule has 1 amide bonds. The van der Waals surface area contributed by atoms with E-state index in [0.717, 1.165) is 6.07 Å². The molecule has 0 fully saturated rings. The number of hydrogen-bond donors (Lipinski definition) is 3. The van der Waals surface area contributed by atoms with Crippen LogP contribution in [0.2, 0.25) is 0 Å². The standard InChI is InChI=1S/C12H16FN3O3S2/c1-3-15-12(17)7(2)16-21(18,19)9-6-4-5-8(13)10(9)11(14)20/h4-7,16H,3H2,1-2H3,(H2,14,20)(H,15,17). The van der Waals surface area contributed by atoms with E-state index in [1.54, 1.807) is 6.92 Å². The van der Waals surface area contributed by atoms with E-state index in [0.29, 0.717) is 6.54 Å². The lowest BCUT2D eigenvalue weighted by atomic mass is 10.2. The molecule has 21 heavy (non-hydrogen) atoms. The molecule has 0 saturated carbocycles. The zero-order valence-corrected chi connectivity index (χ0v) is 13.1. The van der Waals surface area contributed by atoms with Crippen molar-refractivity contribution < 1.29 is 17.6 Å². The maximum atomic E-state index is 13.7. The van der Waals surface area contributed by atoms with Gasteiger partial charge >= 0.3 is 0 Å². The van der Waals surface area contributed by atoms with Crippen molar-refractivity contribution in [1.29, 1.82) is 0 Å². The Morgan fingerprint density at radius 3 is 2.62 bits per heavy atom. The summed E-state index contributed by atoms with van der Waals surface area (Å²) in [5.74, 6) is -1.33. The summed E-state index contributed by atoms with van der Waals surface area (Å²) < 4.78 is 40.4. The van der Waals surface area contributed by atoms with E-state index in [1.807, 2.05) is 0 Å². The molecule has 0 spiro atoms. The van der Waals surface area contributed by atoms with Gasteiger partial charge in [-0.05, 0) is 26.0 Å². The molecule has 0 radical (unpaired) electrons. The first-order valence-corrected chi connectivity index (χ1v) is 7.98. The SMILES string of the molecule is CCNC(=O)C(C)NS(=O)(=O)c1cccc(F)c1C(N)=S. The predicted molar refractivity (Wildman–Crippen MR) is 80.8 cm³/mol. The fourth-order valence-electron chi connectivity index (χ4n) is 1.64. The highest BCUT2D eigenvalue weighted by atomic mass is 32.2. The number of likely N-dealkylation sites (N-methyl/N-ethyl adjacent to an activating group) is 1. The van der Waals surface area contributed by atoms with Gasteiger partial charge in [-0.3, -0.25) is 4.79 Å². The smallest absolute Gasteiger partial charge is 0.242 e. The van der Waals surface area contributed by atoms with Gasteiger partial charge in [0, 0.05) is 6.54 Å². The van der Waals surface area contributed by atoms with Crippen LogP contribution in [0.5, 0.6) is 0 Å². The van der Waals surface area contributed by atoms with Crippen molar-refractivity contribution in [2.24, 2.45) is 5.73 Å². The highest BCUT2D eigenvalue weighted by Crippen LogP contribution is 2.19. The number of nitrogens with two attached hydrogens (primary N) is 1. The van der Waals surface area contributed by atoms with Crippen molar-refractivity contribution in [3.05, 3.63) is 29.6 Å². The monoisotopic (exact) mass is 333 g/mol. The second-order valence-electron chi connectivity index (χ2n) is 4.21. The molecule has 1 aromatic rings. The van der Waals surface area contributed by atoms with E-state index in [-0.39, 0.29) is 10.6 Å². The Kier molecular flexibility index (Phi) is 5.76. The molecule has 1 atom stereocenters. The first kappa shape index (κ1) is 17.5. The fraction of sp³-hybridized carbons (Fsp3) is 0.333. The summed E-state index contributed by atoms with van der Waals surface area (Å²) in [5, 5.41) is 2.48. The second kappa shape index (κ2) is 6.92. The van der Waals surface area contributed by atoms with E-state index >= 15 is 0 Å². The van der Waals surface area contributed by atoms with Gasteiger partial charge in [-0.25, -0.2) is 12.8 Å². The lowest BCUT2D eigenvalue weighted by molar-refractivity contribution is -0.122. The number of amides is 1. The Morgan fingerprint density at radius 2 is 2.10 bits per heavy atom. The molecule has 6 nitrogen and oxygen atoms in total. The van der Waals surface area contributed by atoms with Crippen LogP contribution < -0.4 is 15.8 Å². The van der Waals surface area contributed by atoms with Crippen LogP contribution in [0.4, 0.5) is 4.39 Å².